The molecule has 0 unspecified atom stereocenters. The van der Waals surface area contributed by atoms with Gasteiger partial charge in [-0.15, -0.1) is 10.2 Å². The van der Waals surface area contributed by atoms with E-state index in [2.05, 4.69) is 10.2 Å². The molecule has 4 heteroatoms. The molecule has 0 aliphatic carbocycles. The Morgan fingerprint density at radius 2 is 2.29 bits per heavy atom. The van der Waals surface area contributed by atoms with Gasteiger partial charge in [0.1, 0.15) is 0 Å². The van der Waals surface area contributed by atoms with Crippen molar-refractivity contribution in [3.8, 4) is 0 Å². The quantitative estimate of drug-likeness (QED) is 0.465. The van der Waals surface area contributed by atoms with Crippen LogP contribution in [-0.4, -0.2) is 11.7 Å². The fraction of sp³-hybridized carbons (Fsp3) is 0.333. The maximum Gasteiger partial charge on any atom is 0.272 e. The second-order valence-corrected chi connectivity index (χ2v) is 1.22. The zero-order valence-corrected chi connectivity index (χ0v) is 3.51. The van der Waals surface area contributed by atoms with Crippen LogP contribution >= 0.6 is 0 Å². The molecule has 4 nitrogen and oxygen atoms in total. The maximum absolute atomic E-state index is 10.1. The van der Waals surface area contributed by atoms with Gasteiger partial charge in [-0.25, -0.2) is 0 Å². The van der Waals surface area contributed by atoms with Crippen molar-refractivity contribution in [2.45, 2.75) is 6.42 Å². The van der Waals surface area contributed by atoms with Crippen molar-refractivity contribution in [2.75, 3.05) is 0 Å². The lowest BCUT2D eigenvalue weighted by molar-refractivity contribution is -0.116. The summed E-state index contributed by atoms with van der Waals surface area (Å²) in [6, 6.07) is 0. The first-order valence-corrected chi connectivity index (χ1v) is 1.81. The molecule has 36 valence electrons. The maximum atomic E-state index is 10.1. The Bertz CT molecular complexity index is 132. The standard InChI is InChI=1S/C3H3N3O/c4-2-1-3(7)6-5-2/h4H,1H2. The zero-order valence-electron chi connectivity index (χ0n) is 3.51. The first kappa shape index (κ1) is 4.11. The fourth-order valence-electron chi connectivity index (χ4n) is 0.330. The van der Waals surface area contributed by atoms with Gasteiger partial charge < -0.3 is 0 Å². The second kappa shape index (κ2) is 1.22. The third kappa shape index (κ3) is 0.677. The highest BCUT2D eigenvalue weighted by atomic mass is 16.2. The van der Waals surface area contributed by atoms with E-state index < -0.39 is 0 Å². The number of amidine groups is 1. The molecule has 1 N–H and O–H groups in total. The third-order valence-electron chi connectivity index (χ3n) is 0.601. The average molecular weight is 97.1 g/mol. The Kier molecular flexibility index (Phi) is 0.714. The van der Waals surface area contributed by atoms with E-state index in [4.69, 9.17) is 5.41 Å². The number of hydrogen-bond acceptors (Lipinski definition) is 2. The van der Waals surface area contributed by atoms with Gasteiger partial charge in [0.2, 0.25) is 0 Å². The predicted molar refractivity (Wildman–Crippen MR) is 22.2 cm³/mol. The Hall–Kier alpha value is -1.06. The molecule has 0 atom stereocenters. The first-order valence-electron chi connectivity index (χ1n) is 1.81. The normalized spacial score (nSPS) is 18.9. The van der Waals surface area contributed by atoms with Crippen molar-refractivity contribution >= 4 is 11.7 Å². The minimum Gasteiger partial charge on any atom is -0.285 e. The van der Waals surface area contributed by atoms with E-state index in [-0.39, 0.29) is 18.2 Å². The average Bonchev–Trinajstić information content (AvgIpc) is 1.87. The van der Waals surface area contributed by atoms with Crippen LogP contribution in [0.5, 0.6) is 0 Å². The highest BCUT2D eigenvalue weighted by Gasteiger charge is 2.09. The van der Waals surface area contributed by atoms with Gasteiger partial charge in [0, 0.05) is 0 Å². The van der Waals surface area contributed by atoms with Gasteiger partial charge in [-0.05, 0) is 0 Å². The topological polar surface area (TPSA) is 65.6 Å². The molecule has 0 saturated heterocycles. The van der Waals surface area contributed by atoms with Crippen molar-refractivity contribution in [2.24, 2.45) is 10.2 Å². The second-order valence-electron chi connectivity index (χ2n) is 1.22. The summed E-state index contributed by atoms with van der Waals surface area (Å²) in [6.07, 6.45) is 0.0833. The van der Waals surface area contributed by atoms with Gasteiger partial charge in [0.05, 0.1) is 6.42 Å². The highest BCUT2D eigenvalue weighted by molar-refractivity contribution is 6.02. The Morgan fingerprint density at radius 3 is 2.43 bits per heavy atom. The van der Waals surface area contributed by atoms with E-state index in [1.165, 1.54) is 0 Å². The van der Waals surface area contributed by atoms with Crippen LogP contribution in [0.25, 0.3) is 0 Å². The summed E-state index contributed by atoms with van der Waals surface area (Å²) in [5.41, 5.74) is 0. The highest BCUT2D eigenvalue weighted by Crippen LogP contribution is 1.98. The van der Waals surface area contributed by atoms with Crippen LogP contribution in [0, 0.1) is 5.41 Å². The predicted octanol–water partition coefficient (Wildman–Crippen LogP) is 0.346. The third-order valence-corrected chi connectivity index (χ3v) is 0.601. The molecule has 1 amide bonds. The first-order chi connectivity index (χ1) is 3.29. The molecule has 1 heterocycles. The molecule has 0 aromatic heterocycles. The lowest BCUT2D eigenvalue weighted by Gasteiger charge is -1.70. The molecular weight excluding hydrogens is 94.1 g/mol. The number of azo groups is 1. The minimum absolute atomic E-state index is 0.0602. The van der Waals surface area contributed by atoms with Crippen LogP contribution in [-0.2, 0) is 4.79 Å². The molecular formula is C3H3N3O. The summed E-state index contributed by atoms with van der Waals surface area (Å²) in [4.78, 5) is 10.1. The summed E-state index contributed by atoms with van der Waals surface area (Å²) in [5, 5.41) is 13.0. The van der Waals surface area contributed by atoms with Crippen molar-refractivity contribution in [3.05, 3.63) is 0 Å². The summed E-state index contributed by atoms with van der Waals surface area (Å²) in [6.45, 7) is 0. The zero-order chi connectivity index (χ0) is 5.28. The summed E-state index contributed by atoms with van der Waals surface area (Å²) in [7, 11) is 0. The molecule has 0 bridgehead atoms. The van der Waals surface area contributed by atoms with Crippen LogP contribution in [0.3, 0.4) is 0 Å². The van der Waals surface area contributed by atoms with Crippen LogP contribution in [0.1, 0.15) is 6.42 Å². The van der Waals surface area contributed by atoms with E-state index >= 15 is 0 Å². The molecule has 1 aliphatic heterocycles. The monoisotopic (exact) mass is 97.0 g/mol. The van der Waals surface area contributed by atoms with Gasteiger partial charge in [-0.2, -0.15) is 0 Å². The van der Waals surface area contributed by atoms with Gasteiger partial charge in [0.25, 0.3) is 5.91 Å². The molecule has 0 aromatic rings. The van der Waals surface area contributed by atoms with Crippen molar-refractivity contribution < 1.29 is 4.79 Å². The molecule has 0 saturated carbocycles. The molecule has 0 spiro atoms. The number of hydrogen-bond donors (Lipinski definition) is 1. The van der Waals surface area contributed by atoms with E-state index in [9.17, 15) is 4.79 Å². The molecule has 1 aliphatic rings. The van der Waals surface area contributed by atoms with E-state index in [1.54, 1.807) is 0 Å². The molecule has 0 fully saturated rings. The number of nitrogens with zero attached hydrogens (tertiary/aromatic N) is 2. The SMILES string of the molecule is N=C1CC(=O)N=N1. The summed E-state index contributed by atoms with van der Waals surface area (Å²) >= 11 is 0. The summed E-state index contributed by atoms with van der Waals surface area (Å²) < 4.78 is 0. The Morgan fingerprint density at radius 1 is 1.57 bits per heavy atom. The smallest absolute Gasteiger partial charge is 0.272 e. The van der Waals surface area contributed by atoms with Crippen molar-refractivity contribution in [1.29, 1.82) is 5.41 Å². The van der Waals surface area contributed by atoms with Crippen LogP contribution < -0.4 is 0 Å². The number of carbonyl (C=O) groups is 1. The van der Waals surface area contributed by atoms with Crippen LogP contribution in [0.4, 0.5) is 0 Å². The van der Waals surface area contributed by atoms with Crippen LogP contribution in [0.15, 0.2) is 10.2 Å². The molecule has 0 radical (unpaired) electrons. The van der Waals surface area contributed by atoms with Gasteiger partial charge >= 0.3 is 0 Å². The van der Waals surface area contributed by atoms with Crippen molar-refractivity contribution in [3.63, 3.8) is 0 Å². The van der Waals surface area contributed by atoms with E-state index in [0.717, 1.165) is 0 Å². The number of amides is 1. The largest absolute Gasteiger partial charge is 0.285 e. The number of rotatable bonds is 0. The van der Waals surface area contributed by atoms with Gasteiger partial charge in [-0.3, -0.25) is 10.2 Å². The van der Waals surface area contributed by atoms with Crippen molar-refractivity contribution in [1.82, 2.24) is 0 Å². The Labute approximate surface area is 39.8 Å². The van der Waals surface area contributed by atoms with Crippen LogP contribution in [0.2, 0.25) is 0 Å². The Balaban J connectivity index is 2.76. The van der Waals surface area contributed by atoms with E-state index in [1.807, 2.05) is 0 Å². The summed E-state index contributed by atoms with van der Waals surface area (Å²) in [5.74, 6) is -0.255. The lowest BCUT2D eigenvalue weighted by atomic mass is 10.4. The van der Waals surface area contributed by atoms with E-state index in [0.29, 0.717) is 0 Å². The molecule has 1 rings (SSSR count). The number of carbonyl (C=O) groups excluding carboxylic acids is 1. The fourth-order valence-corrected chi connectivity index (χ4v) is 0.330. The van der Waals surface area contributed by atoms with Gasteiger partial charge in [-0.1, -0.05) is 0 Å². The lowest BCUT2D eigenvalue weighted by Crippen LogP contribution is -1.89. The molecule has 0 aromatic carbocycles. The van der Waals surface area contributed by atoms with Gasteiger partial charge in [0.15, 0.2) is 5.84 Å². The number of nitrogens with one attached hydrogen (secondary N) is 1. The molecule has 7 heavy (non-hydrogen) atoms. The minimum atomic E-state index is -0.315.